The van der Waals surface area contributed by atoms with Crippen LogP contribution in [-0.4, -0.2) is 55.5 Å². The second-order valence-electron chi connectivity index (χ2n) is 6.89. The van der Waals surface area contributed by atoms with Gasteiger partial charge in [-0.2, -0.15) is 0 Å². The highest BCUT2D eigenvalue weighted by atomic mass is 16.5. The fraction of sp³-hybridized carbons (Fsp3) is 0.318. The molecule has 1 heterocycles. The fourth-order valence-corrected chi connectivity index (χ4v) is 3.38. The SMILES string of the molecule is CCOC(=O)C(=O)Nc1ccc(C(=O)N(C)C2CCN(c3ccccc3)C2)cc1. The molecule has 0 aromatic heterocycles. The van der Waals surface area contributed by atoms with Crippen molar-refractivity contribution in [3.05, 3.63) is 60.2 Å². The summed E-state index contributed by atoms with van der Waals surface area (Å²) in [6.07, 6.45) is 0.908. The molecule has 0 aliphatic carbocycles. The first-order valence-corrected chi connectivity index (χ1v) is 9.65. The summed E-state index contributed by atoms with van der Waals surface area (Å²) in [4.78, 5) is 40.0. The number of carbonyl (C=O) groups is 3. The molecule has 0 spiro atoms. The van der Waals surface area contributed by atoms with Crippen LogP contribution in [-0.2, 0) is 14.3 Å². The van der Waals surface area contributed by atoms with Crippen molar-refractivity contribution >= 4 is 29.2 Å². The van der Waals surface area contributed by atoms with Crippen molar-refractivity contribution in [2.75, 3.05) is 37.0 Å². The zero-order chi connectivity index (χ0) is 20.8. The largest absolute Gasteiger partial charge is 0.459 e. The minimum atomic E-state index is -0.934. The molecule has 7 nitrogen and oxygen atoms in total. The second kappa shape index (κ2) is 9.23. The zero-order valence-corrected chi connectivity index (χ0v) is 16.6. The van der Waals surface area contributed by atoms with Crippen molar-refractivity contribution in [1.29, 1.82) is 0 Å². The van der Waals surface area contributed by atoms with Crippen LogP contribution < -0.4 is 10.2 Å². The number of nitrogens with one attached hydrogen (secondary N) is 1. The highest BCUT2D eigenvalue weighted by Gasteiger charge is 2.29. The fourth-order valence-electron chi connectivity index (χ4n) is 3.38. The first kappa shape index (κ1) is 20.4. The maximum absolute atomic E-state index is 12.8. The van der Waals surface area contributed by atoms with E-state index in [0.29, 0.717) is 11.3 Å². The Hall–Kier alpha value is -3.35. The number of anilines is 2. The standard InChI is InChI=1S/C22H25N3O4/c1-3-29-22(28)20(26)23-17-11-9-16(10-12-17)21(27)24(2)19-13-14-25(15-19)18-7-5-4-6-8-18/h4-12,19H,3,13-15H2,1-2H3,(H,23,26). The van der Waals surface area contributed by atoms with Gasteiger partial charge in [-0.05, 0) is 49.7 Å². The number of likely N-dealkylation sites (N-methyl/N-ethyl adjacent to an activating group) is 1. The second-order valence-corrected chi connectivity index (χ2v) is 6.89. The third kappa shape index (κ3) is 4.93. The van der Waals surface area contributed by atoms with Gasteiger partial charge in [-0.3, -0.25) is 9.59 Å². The van der Waals surface area contributed by atoms with Crippen LogP contribution in [0.1, 0.15) is 23.7 Å². The van der Waals surface area contributed by atoms with Gasteiger partial charge in [0.25, 0.3) is 5.91 Å². The Morgan fingerprint density at radius 3 is 2.45 bits per heavy atom. The Bertz CT molecular complexity index is 867. The zero-order valence-electron chi connectivity index (χ0n) is 16.6. The number of amides is 2. The molecule has 2 aromatic rings. The van der Waals surface area contributed by atoms with E-state index in [-0.39, 0.29) is 18.6 Å². The number of benzene rings is 2. The number of ether oxygens (including phenoxy) is 1. The van der Waals surface area contributed by atoms with Gasteiger partial charge in [0.1, 0.15) is 0 Å². The predicted octanol–water partition coefficient (Wildman–Crippen LogP) is 2.54. The molecule has 1 fully saturated rings. The minimum absolute atomic E-state index is 0.0758. The number of carbonyl (C=O) groups excluding carboxylic acids is 3. The van der Waals surface area contributed by atoms with Crippen molar-refractivity contribution in [1.82, 2.24) is 4.90 Å². The molecule has 152 valence electrons. The van der Waals surface area contributed by atoms with Gasteiger partial charge in [0.15, 0.2) is 0 Å². The van der Waals surface area contributed by atoms with E-state index < -0.39 is 11.9 Å². The summed E-state index contributed by atoms with van der Waals surface area (Å²) < 4.78 is 4.65. The third-order valence-electron chi connectivity index (χ3n) is 5.00. The van der Waals surface area contributed by atoms with E-state index >= 15 is 0 Å². The maximum atomic E-state index is 12.8. The highest BCUT2D eigenvalue weighted by molar-refractivity contribution is 6.37. The number of para-hydroxylation sites is 1. The molecule has 0 bridgehead atoms. The molecule has 1 N–H and O–H groups in total. The summed E-state index contributed by atoms with van der Waals surface area (Å²) in [6.45, 7) is 3.46. The number of hydrogen-bond acceptors (Lipinski definition) is 5. The summed E-state index contributed by atoms with van der Waals surface area (Å²) in [5, 5.41) is 2.46. The topological polar surface area (TPSA) is 78.9 Å². The molecule has 3 rings (SSSR count). The van der Waals surface area contributed by atoms with E-state index in [2.05, 4.69) is 27.1 Å². The maximum Gasteiger partial charge on any atom is 0.397 e. The molecule has 29 heavy (non-hydrogen) atoms. The Balaban J connectivity index is 1.59. The van der Waals surface area contributed by atoms with Gasteiger partial charge in [-0.1, -0.05) is 18.2 Å². The molecule has 1 saturated heterocycles. The monoisotopic (exact) mass is 395 g/mol. The number of rotatable bonds is 5. The molecule has 7 heteroatoms. The van der Waals surface area contributed by atoms with Crippen LogP contribution >= 0.6 is 0 Å². The Kier molecular flexibility index (Phi) is 6.49. The molecule has 1 atom stereocenters. The normalized spacial score (nSPS) is 15.7. The molecular weight excluding hydrogens is 370 g/mol. The smallest absolute Gasteiger partial charge is 0.397 e. The van der Waals surface area contributed by atoms with Gasteiger partial charge in [0.2, 0.25) is 0 Å². The van der Waals surface area contributed by atoms with Crippen molar-refractivity contribution in [3.63, 3.8) is 0 Å². The Labute approximate surface area is 170 Å². The molecule has 0 saturated carbocycles. The average Bonchev–Trinajstić information content (AvgIpc) is 3.24. The quantitative estimate of drug-likeness (QED) is 0.622. The van der Waals surface area contributed by atoms with Gasteiger partial charge >= 0.3 is 11.9 Å². The van der Waals surface area contributed by atoms with Crippen LogP contribution in [0.3, 0.4) is 0 Å². The lowest BCUT2D eigenvalue weighted by molar-refractivity contribution is -0.152. The lowest BCUT2D eigenvalue weighted by Crippen LogP contribution is -2.39. The molecule has 1 aliphatic heterocycles. The number of nitrogens with zero attached hydrogens (tertiary/aromatic N) is 2. The predicted molar refractivity (Wildman–Crippen MR) is 111 cm³/mol. The Morgan fingerprint density at radius 1 is 1.10 bits per heavy atom. The van der Waals surface area contributed by atoms with Crippen LogP contribution in [0.15, 0.2) is 54.6 Å². The van der Waals surface area contributed by atoms with E-state index in [1.54, 1.807) is 36.1 Å². The molecule has 2 aromatic carbocycles. The van der Waals surface area contributed by atoms with Crippen molar-refractivity contribution in [2.24, 2.45) is 0 Å². The average molecular weight is 395 g/mol. The van der Waals surface area contributed by atoms with Crippen molar-refractivity contribution in [3.8, 4) is 0 Å². The molecule has 0 radical (unpaired) electrons. The molecule has 1 aliphatic rings. The first-order valence-electron chi connectivity index (χ1n) is 9.65. The van der Waals surface area contributed by atoms with Crippen LogP contribution in [0.2, 0.25) is 0 Å². The first-order chi connectivity index (χ1) is 14.0. The highest BCUT2D eigenvalue weighted by Crippen LogP contribution is 2.23. The van der Waals surface area contributed by atoms with Crippen LogP contribution in [0.5, 0.6) is 0 Å². The van der Waals surface area contributed by atoms with Gasteiger partial charge in [-0.15, -0.1) is 0 Å². The van der Waals surface area contributed by atoms with Crippen molar-refractivity contribution in [2.45, 2.75) is 19.4 Å². The van der Waals surface area contributed by atoms with Crippen LogP contribution in [0, 0.1) is 0 Å². The van der Waals surface area contributed by atoms with Gasteiger partial charge < -0.3 is 19.9 Å². The van der Waals surface area contributed by atoms with E-state index in [9.17, 15) is 14.4 Å². The van der Waals surface area contributed by atoms with Crippen LogP contribution in [0.25, 0.3) is 0 Å². The molecule has 1 unspecified atom stereocenters. The van der Waals surface area contributed by atoms with Crippen molar-refractivity contribution < 1.29 is 19.1 Å². The summed E-state index contributed by atoms with van der Waals surface area (Å²) in [5.74, 6) is -1.85. The summed E-state index contributed by atoms with van der Waals surface area (Å²) in [5.41, 5.74) is 2.12. The van der Waals surface area contributed by atoms with E-state index in [1.807, 2.05) is 25.2 Å². The lowest BCUT2D eigenvalue weighted by Gasteiger charge is -2.25. The number of esters is 1. The summed E-state index contributed by atoms with van der Waals surface area (Å²) in [7, 11) is 1.82. The van der Waals surface area contributed by atoms with Gasteiger partial charge in [0.05, 0.1) is 12.6 Å². The number of hydrogen-bond donors (Lipinski definition) is 1. The summed E-state index contributed by atoms with van der Waals surface area (Å²) >= 11 is 0. The molecule has 2 amide bonds. The minimum Gasteiger partial charge on any atom is -0.459 e. The lowest BCUT2D eigenvalue weighted by atomic mass is 10.1. The van der Waals surface area contributed by atoms with Gasteiger partial charge in [0, 0.05) is 37.1 Å². The van der Waals surface area contributed by atoms with Gasteiger partial charge in [-0.25, -0.2) is 4.79 Å². The van der Waals surface area contributed by atoms with Crippen LogP contribution in [0.4, 0.5) is 11.4 Å². The summed E-state index contributed by atoms with van der Waals surface area (Å²) in [6, 6.07) is 16.8. The van der Waals surface area contributed by atoms with E-state index in [4.69, 9.17) is 0 Å². The molecular formula is C22H25N3O4. The van der Waals surface area contributed by atoms with E-state index in [0.717, 1.165) is 25.2 Å². The van der Waals surface area contributed by atoms with E-state index in [1.165, 1.54) is 0 Å². The Morgan fingerprint density at radius 2 is 1.79 bits per heavy atom. The third-order valence-corrected chi connectivity index (χ3v) is 5.00.